The summed E-state index contributed by atoms with van der Waals surface area (Å²) in [6.07, 6.45) is 0. The van der Waals surface area contributed by atoms with E-state index in [1.165, 1.54) is 21.6 Å². The van der Waals surface area contributed by atoms with Crippen LogP contribution in [0.15, 0.2) is 76.3 Å². The van der Waals surface area contributed by atoms with Crippen molar-refractivity contribution in [1.82, 2.24) is 4.72 Å². The number of thiophene rings is 1. The van der Waals surface area contributed by atoms with Crippen molar-refractivity contribution in [2.45, 2.75) is 11.4 Å². The molecule has 1 N–H and O–H groups in total. The number of benzene rings is 2. The third-order valence-electron chi connectivity index (χ3n) is 3.01. The first-order chi connectivity index (χ1) is 9.92. The molecule has 0 atom stereocenters. The molecule has 0 aliphatic carbocycles. The van der Waals surface area contributed by atoms with Gasteiger partial charge in [0.2, 0.25) is 0 Å². The van der Waals surface area contributed by atoms with Crippen LogP contribution in [0.5, 0.6) is 0 Å². The van der Waals surface area contributed by atoms with Gasteiger partial charge in [0.15, 0.2) is 0 Å². The molecule has 0 amide bonds. The van der Waals surface area contributed by atoms with Crippen molar-refractivity contribution in [3.05, 3.63) is 77.0 Å². The number of hydrogen-bond acceptors (Lipinski definition) is 3. The molecule has 0 saturated carbocycles. The fourth-order valence-electron chi connectivity index (χ4n) is 1.94. The summed E-state index contributed by atoms with van der Waals surface area (Å²) in [6.45, 7) is 0.897. The van der Waals surface area contributed by atoms with E-state index in [4.69, 9.17) is 0 Å². The van der Waals surface area contributed by atoms with Gasteiger partial charge in [0.25, 0.3) is 0 Å². The number of hydrogen-bond donors (Lipinski definition) is 1. The van der Waals surface area contributed by atoms with Gasteiger partial charge in [-0.15, -0.1) is 0 Å². The Morgan fingerprint density at radius 2 is 1.60 bits per heavy atom. The summed E-state index contributed by atoms with van der Waals surface area (Å²) in [5, 5.41) is 4.28. The number of nitrogens with one attached hydrogen (secondary N) is 1. The van der Waals surface area contributed by atoms with E-state index >= 15 is 0 Å². The maximum Gasteiger partial charge on any atom is 0.0321 e. The molecule has 0 radical (unpaired) electrons. The topological polar surface area (TPSA) is 12.0 Å². The highest BCUT2D eigenvalue weighted by Crippen LogP contribution is 2.23. The van der Waals surface area contributed by atoms with Crippen LogP contribution in [0, 0.1) is 0 Å². The van der Waals surface area contributed by atoms with Gasteiger partial charge in [0, 0.05) is 11.4 Å². The second-order valence-corrected chi connectivity index (χ2v) is 6.19. The van der Waals surface area contributed by atoms with Crippen molar-refractivity contribution >= 4 is 23.3 Å². The summed E-state index contributed by atoms with van der Waals surface area (Å²) in [7, 11) is 0. The van der Waals surface area contributed by atoms with Crippen LogP contribution in [0.4, 0.5) is 0 Å². The van der Waals surface area contributed by atoms with E-state index in [0.717, 1.165) is 6.54 Å². The molecule has 20 heavy (non-hydrogen) atoms. The SMILES string of the molecule is c1ccc(-c2ccc(SNCc3ccsc3)cc2)cc1. The van der Waals surface area contributed by atoms with Gasteiger partial charge in [-0.05, 0) is 57.6 Å². The zero-order valence-corrected chi connectivity index (χ0v) is 12.6. The lowest BCUT2D eigenvalue weighted by Gasteiger charge is -2.05. The standard InChI is InChI=1S/C17H15NS2/c1-2-4-15(5-3-1)16-6-8-17(9-7-16)20-18-12-14-10-11-19-13-14/h1-11,13,18H,12H2. The van der Waals surface area contributed by atoms with Crippen molar-refractivity contribution in [2.75, 3.05) is 0 Å². The van der Waals surface area contributed by atoms with E-state index in [9.17, 15) is 0 Å². The maximum absolute atomic E-state index is 3.39. The van der Waals surface area contributed by atoms with Crippen LogP contribution < -0.4 is 4.72 Å². The molecule has 3 rings (SSSR count). The smallest absolute Gasteiger partial charge is 0.0321 e. The Labute approximate surface area is 127 Å². The van der Waals surface area contributed by atoms with E-state index in [2.05, 4.69) is 70.1 Å². The Hall–Kier alpha value is -1.55. The summed E-state index contributed by atoms with van der Waals surface area (Å²) in [6, 6.07) is 21.3. The highest BCUT2D eigenvalue weighted by Gasteiger charge is 1.98. The van der Waals surface area contributed by atoms with Gasteiger partial charge < -0.3 is 0 Å². The normalized spacial score (nSPS) is 10.6. The first-order valence-electron chi connectivity index (χ1n) is 6.48. The fraction of sp³-hybridized carbons (Fsp3) is 0.0588. The molecule has 100 valence electrons. The maximum atomic E-state index is 3.39. The summed E-state index contributed by atoms with van der Waals surface area (Å²) in [4.78, 5) is 1.24. The Bertz CT molecular complexity index is 631. The minimum atomic E-state index is 0.897. The van der Waals surface area contributed by atoms with Gasteiger partial charge in [0.1, 0.15) is 0 Å². The van der Waals surface area contributed by atoms with E-state index in [-0.39, 0.29) is 0 Å². The van der Waals surface area contributed by atoms with E-state index in [1.807, 2.05) is 6.07 Å². The number of rotatable bonds is 5. The Morgan fingerprint density at radius 1 is 0.850 bits per heavy atom. The van der Waals surface area contributed by atoms with Gasteiger partial charge in [-0.2, -0.15) is 11.3 Å². The van der Waals surface area contributed by atoms with E-state index < -0.39 is 0 Å². The first-order valence-corrected chi connectivity index (χ1v) is 8.24. The minimum absolute atomic E-state index is 0.897. The average molecular weight is 297 g/mol. The van der Waals surface area contributed by atoms with Crippen molar-refractivity contribution < 1.29 is 0 Å². The summed E-state index contributed by atoms with van der Waals surface area (Å²) >= 11 is 3.41. The minimum Gasteiger partial charge on any atom is -0.255 e. The van der Waals surface area contributed by atoms with Crippen LogP contribution in [0.25, 0.3) is 11.1 Å². The Morgan fingerprint density at radius 3 is 2.30 bits per heavy atom. The summed E-state index contributed by atoms with van der Waals surface area (Å²) in [5.41, 5.74) is 3.85. The second-order valence-electron chi connectivity index (χ2n) is 4.45. The molecule has 1 nitrogen and oxygen atoms in total. The van der Waals surface area contributed by atoms with Gasteiger partial charge >= 0.3 is 0 Å². The zero-order valence-electron chi connectivity index (χ0n) is 11.0. The van der Waals surface area contributed by atoms with Gasteiger partial charge in [0.05, 0.1) is 0 Å². The van der Waals surface area contributed by atoms with Crippen LogP contribution in [0.3, 0.4) is 0 Å². The molecule has 0 aliphatic rings. The molecule has 0 bridgehead atoms. The molecule has 3 aromatic rings. The predicted molar refractivity (Wildman–Crippen MR) is 88.9 cm³/mol. The van der Waals surface area contributed by atoms with Crippen LogP contribution in [-0.2, 0) is 6.54 Å². The van der Waals surface area contributed by atoms with Gasteiger partial charge in [-0.3, -0.25) is 4.72 Å². The highest BCUT2D eigenvalue weighted by molar-refractivity contribution is 7.97. The van der Waals surface area contributed by atoms with E-state index in [1.54, 1.807) is 23.3 Å². The molecule has 0 unspecified atom stereocenters. The van der Waals surface area contributed by atoms with Gasteiger partial charge in [-0.25, -0.2) is 0 Å². The molecule has 0 fully saturated rings. The second kappa shape index (κ2) is 6.75. The molecule has 0 aliphatic heterocycles. The monoisotopic (exact) mass is 297 g/mol. The zero-order chi connectivity index (χ0) is 13.6. The van der Waals surface area contributed by atoms with Crippen molar-refractivity contribution in [2.24, 2.45) is 0 Å². The molecule has 1 aromatic heterocycles. The van der Waals surface area contributed by atoms with E-state index in [0.29, 0.717) is 0 Å². The molecular weight excluding hydrogens is 282 g/mol. The van der Waals surface area contributed by atoms with Crippen LogP contribution in [0.1, 0.15) is 5.56 Å². The Balaban J connectivity index is 1.59. The van der Waals surface area contributed by atoms with Gasteiger partial charge in [-0.1, -0.05) is 42.5 Å². The van der Waals surface area contributed by atoms with Crippen LogP contribution in [0.2, 0.25) is 0 Å². The lowest BCUT2D eigenvalue weighted by Crippen LogP contribution is -2.01. The molecule has 0 spiro atoms. The average Bonchev–Trinajstić information content (AvgIpc) is 3.02. The Kier molecular flexibility index (Phi) is 4.53. The van der Waals surface area contributed by atoms with Crippen LogP contribution >= 0.6 is 23.3 Å². The summed E-state index contributed by atoms with van der Waals surface area (Å²) < 4.78 is 3.39. The predicted octanol–water partition coefficient (Wildman–Crippen LogP) is 5.21. The molecule has 1 heterocycles. The van der Waals surface area contributed by atoms with Crippen molar-refractivity contribution in [3.8, 4) is 11.1 Å². The lowest BCUT2D eigenvalue weighted by atomic mass is 10.1. The molecular formula is C17H15NS2. The summed E-state index contributed by atoms with van der Waals surface area (Å²) in [5.74, 6) is 0. The quantitative estimate of drug-likeness (QED) is 0.649. The molecule has 0 saturated heterocycles. The fourth-order valence-corrected chi connectivity index (χ4v) is 3.29. The highest BCUT2D eigenvalue weighted by atomic mass is 32.2. The third-order valence-corrected chi connectivity index (χ3v) is 4.54. The largest absolute Gasteiger partial charge is 0.255 e. The first kappa shape index (κ1) is 13.4. The lowest BCUT2D eigenvalue weighted by molar-refractivity contribution is 0.982. The van der Waals surface area contributed by atoms with Crippen molar-refractivity contribution in [1.29, 1.82) is 0 Å². The van der Waals surface area contributed by atoms with Crippen LogP contribution in [-0.4, -0.2) is 0 Å². The van der Waals surface area contributed by atoms with Crippen molar-refractivity contribution in [3.63, 3.8) is 0 Å². The third kappa shape index (κ3) is 3.51. The molecule has 3 heteroatoms. The molecule has 2 aromatic carbocycles.